The summed E-state index contributed by atoms with van der Waals surface area (Å²) < 4.78 is 38.8. The first-order valence-corrected chi connectivity index (χ1v) is 11.0. The zero-order valence-electron chi connectivity index (χ0n) is 17.3. The Kier molecular flexibility index (Phi) is 5.48. The summed E-state index contributed by atoms with van der Waals surface area (Å²) in [5.74, 6) is 1.20. The summed E-state index contributed by atoms with van der Waals surface area (Å²) in [5, 5.41) is 8.41. The van der Waals surface area contributed by atoms with Crippen molar-refractivity contribution in [2.45, 2.75) is 16.7 Å². The number of hydrogen-bond donors (Lipinski definition) is 0. The molecule has 0 amide bonds. The predicted molar refractivity (Wildman–Crippen MR) is 117 cm³/mol. The van der Waals surface area contributed by atoms with Gasteiger partial charge in [-0.1, -0.05) is 41.1 Å². The zero-order valence-corrected chi connectivity index (χ0v) is 18.1. The maximum atomic E-state index is 13.3. The first kappa shape index (κ1) is 20.6. The maximum Gasteiger partial charge on any atom is 0.207 e. The smallest absolute Gasteiger partial charge is 0.207 e. The van der Waals surface area contributed by atoms with Crippen LogP contribution in [0.5, 0.6) is 11.5 Å². The van der Waals surface area contributed by atoms with Crippen molar-refractivity contribution in [2.75, 3.05) is 14.2 Å². The molecule has 0 spiro atoms. The first-order chi connectivity index (χ1) is 14.9. The number of nitrogens with zero attached hydrogens (tertiary/aromatic N) is 3. The molecule has 8 heteroatoms. The molecule has 0 bridgehead atoms. The molecule has 0 fully saturated rings. The summed E-state index contributed by atoms with van der Waals surface area (Å²) in [5.41, 5.74) is 2.55. The fraction of sp³-hybridized carbons (Fsp3) is 0.130. The van der Waals surface area contributed by atoms with E-state index in [1.54, 1.807) is 91.8 Å². The van der Waals surface area contributed by atoms with Crippen molar-refractivity contribution in [2.24, 2.45) is 0 Å². The molecule has 0 atom stereocenters. The van der Waals surface area contributed by atoms with E-state index >= 15 is 0 Å². The number of hydrogen-bond acceptors (Lipinski definition) is 6. The van der Waals surface area contributed by atoms with Gasteiger partial charge in [0.15, 0.2) is 0 Å². The van der Waals surface area contributed by atoms with E-state index in [1.165, 1.54) is 0 Å². The molecule has 4 rings (SSSR count). The van der Waals surface area contributed by atoms with Crippen molar-refractivity contribution in [3.05, 3.63) is 78.5 Å². The quantitative estimate of drug-likeness (QED) is 0.454. The molecule has 0 aliphatic heterocycles. The molecular weight excluding hydrogens is 414 g/mol. The van der Waals surface area contributed by atoms with Crippen LogP contribution in [-0.4, -0.2) is 37.6 Å². The number of ether oxygens (including phenoxy) is 2. The van der Waals surface area contributed by atoms with Crippen LogP contribution >= 0.6 is 0 Å². The summed E-state index contributed by atoms with van der Waals surface area (Å²) in [7, 11) is -0.598. The fourth-order valence-electron chi connectivity index (χ4n) is 3.24. The van der Waals surface area contributed by atoms with E-state index in [4.69, 9.17) is 9.47 Å². The highest BCUT2D eigenvalue weighted by Gasteiger charge is 2.23. The minimum Gasteiger partial charge on any atom is -0.497 e. The Bertz CT molecular complexity index is 1330. The Morgan fingerprint density at radius 2 is 1.65 bits per heavy atom. The average molecular weight is 436 g/mol. The molecule has 0 unspecified atom stereocenters. The second-order valence-corrected chi connectivity index (χ2v) is 8.82. The summed E-state index contributed by atoms with van der Waals surface area (Å²) >= 11 is 0. The largest absolute Gasteiger partial charge is 0.497 e. The van der Waals surface area contributed by atoms with Crippen LogP contribution in [0.25, 0.3) is 16.9 Å². The van der Waals surface area contributed by atoms with Crippen molar-refractivity contribution >= 4 is 9.84 Å². The van der Waals surface area contributed by atoms with Gasteiger partial charge in [-0.15, -0.1) is 5.10 Å². The maximum absolute atomic E-state index is 13.3. The molecule has 3 aromatic carbocycles. The number of benzene rings is 3. The van der Waals surface area contributed by atoms with Gasteiger partial charge in [-0.3, -0.25) is 0 Å². The molecule has 1 heterocycles. The number of aryl methyl sites for hydroxylation is 1. The second kappa shape index (κ2) is 8.23. The van der Waals surface area contributed by atoms with Gasteiger partial charge in [-0.05, 0) is 37.3 Å². The van der Waals surface area contributed by atoms with Crippen LogP contribution in [0, 0.1) is 6.92 Å². The lowest BCUT2D eigenvalue weighted by atomic mass is 10.2. The standard InChI is InChI=1S/C23H21N3O4S/c1-16-8-11-18(12-9-16)31(27,28)23-7-5-4-6-19(23)20-15-26(25-24-20)21-13-10-17(29-2)14-22(21)30-3/h4-15H,1-3H3. The zero-order chi connectivity index (χ0) is 22.0. The van der Waals surface area contributed by atoms with Gasteiger partial charge < -0.3 is 9.47 Å². The lowest BCUT2D eigenvalue weighted by Crippen LogP contribution is -2.04. The van der Waals surface area contributed by atoms with Gasteiger partial charge >= 0.3 is 0 Å². The van der Waals surface area contributed by atoms with Crippen LogP contribution in [0.15, 0.2) is 82.7 Å². The van der Waals surface area contributed by atoms with Gasteiger partial charge in [0.05, 0.1) is 30.2 Å². The Morgan fingerprint density at radius 3 is 2.35 bits per heavy atom. The van der Waals surface area contributed by atoms with Crippen molar-refractivity contribution in [3.63, 3.8) is 0 Å². The highest BCUT2D eigenvalue weighted by molar-refractivity contribution is 7.91. The third-order valence-corrected chi connectivity index (χ3v) is 6.74. The van der Waals surface area contributed by atoms with E-state index in [-0.39, 0.29) is 9.79 Å². The summed E-state index contributed by atoms with van der Waals surface area (Å²) in [6.07, 6.45) is 1.67. The molecule has 0 saturated heterocycles. The van der Waals surface area contributed by atoms with E-state index in [9.17, 15) is 8.42 Å². The number of methoxy groups -OCH3 is 2. The molecule has 1 aromatic heterocycles. The molecule has 0 aliphatic carbocycles. The summed E-state index contributed by atoms with van der Waals surface area (Å²) in [6, 6.07) is 18.9. The topological polar surface area (TPSA) is 83.3 Å². The third-order valence-electron chi connectivity index (χ3n) is 4.91. The van der Waals surface area contributed by atoms with E-state index < -0.39 is 9.84 Å². The molecule has 0 aliphatic rings. The lowest BCUT2D eigenvalue weighted by molar-refractivity contribution is 0.392. The molecular formula is C23H21N3O4S. The van der Waals surface area contributed by atoms with Crippen LogP contribution in [0.2, 0.25) is 0 Å². The third kappa shape index (κ3) is 3.89. The highest BCUT2D eigenvalue weighted by Crippen LogP contribution is 2.32. The number of rotatable bonds is 6. The van der Waals surface area contributed by atoms with Gasteiger partial charge in [-0.2, -0.15) is 0 Å². The van der Waals surface area contributed by atoms with Crippen molar-refractivity contribution in [3.8, 4) is 28.4 Å². The Morgan fingerprint density at radius 1 is 0.903 bits per heavy atom. The van der Waals surface area contributed by atoms with Crippen molar-refractivity contribution < 1.29 is 17.9 Å². The molecule has 158 valence electrons. The molecule has 0 N–H and O–H groups in total. The Hall–Kier alpha value is -3.65. The monoisotopic (exact) mass is 435 g/mol. The van der Waals surface area contributed by atoms with Gasteiger partial charge in [0, 0.05) is 11.6 Å². The number of sulfone groups is 1. The van der Waals surface area contributed by atoms with Gasteiger partial charge in [0.2, 0.25) is 9.84 Å². The van der Waals surface area contributed by atoms with Crippen LogP contribution in [0.1, 0.15) is 5.56 Å². The van der Waals surface area contributed by atoms with Crippen LogP contribution in [0.3, 0.4) is 0 Å². The summed E-state index contributed by atoms with van der Waals surface area (Å²) in [6.45, 7) is 1.91. The van der Waals surface area contributed by atoms with Crippen LogP contribution in [0.4, 0.5) is 0 Å². The Labute approximate surface area is 180 Å². The second-order valence-electron chi connectivity index (χ2n) is 6.90. The van der Waals surface area contributed by atoms with Crippen LogP contribution < -0.4 is 9.47 Å². The highest BCUT2D eigenvalue weighted by atomic mass is 32.2. The van der Waals surface area contributed by atoms with Crippen LogP contribution in [-0.2, 0) is 9.84 Å². The molecule has 4 aromatic rings. The fourth-order valence-corrected chi connectivity index (χ4v) is 4.70. The molecule has 31 heavy (non-hydrogen) atoms. The van der Waals surface area contributed by atoms with Crippen molar-refractivity contribution in [1.29, 1.82) is 0 Å². The predicted octanol–water partition coefficient (Wildman–Crippen LogP) is 4.09. The molecule has 0 saturated carbocycles. The first-order valence-electron chi connectivity index (χ1n) is 9.50. The minimum absolute atomic E-state index is 0.174. The van der Waals surface area contributed by atoms with Crippen molar-refractivity contribution in [1.82, 2.24) is 15.0 Å². The van der Waals surface area contributed by atoms with Gasteiger partial charge in [0.1, 0.15) is 22.9 Å². The molecule has 0 radical (unpaired) electrons. The van der Waals surface area contributed by atoms with Gasteiger partial charge in [-0.25, -0.2) is 13.1 Å². The SMILES string of the molecule is COc1ccc(-n2cc(-c3ccccc3S(=O)(=O)c3ccc(C)cc3)nn2)c(OC)c1. The Balaban J connectivity index is 1.79. The lowest BCUT2D eigenvalue weighted by Gasteiger charge is -2.10. The van der Waals surface area contributed by atoms with E-state index in [2.05, 4.69) is 10.3 Å². The average Bonchev–Trinajstić information content (AvgIpc) is 3.29. The van der Waals surface area contributed by atoms with E-state index in [0.717, 1.165) is 5.56 Å². The number of aromatic nitrogens is 3. The minimum atomic E-state index is -3.73. The normalized spacial score (nSPS) is 11.3. The van der Waals surface area contributed by atoms with E-state index in [0.29, 0.717) is 28.4 Å². The van der Waals surface area contributed by atoms with Gasteiger partial charge in [0.25, 0.3) is 0 Å². The summed E-state index contributed by atoms with van der Waals surface area (Å²) in [4.78, 5) is 0.405. The van der Waals surface area contributed by atoms with E-state index in [1.807, 2.05) is 6.92 Å². The molecule has 7 nitrogen and oxygen atoms in total.